The van der Waals surface area contributed by atoms with Crippen molar-refractivity contribution in [3.63, 3.8) is 0 Å². The number of hydrogen-bond donors (Lipinski definition) is 0. The van der Waals surface area contributed by atoms with Crippen LogP contribution in [-0.4, -0.2) is 4.57 Å². The fourth-order valence-corrected chi connectivity index (χ4v) is 3.10. The number of rotatable bonds is 2. The minimum absolute atomic E-state index is 0.00988. The summed E-state index contributed by atoms with van der Waals surface area (Å²) in [5.41, 5.74) is 5.28. The van der Waals surface area contributed by atoms with Gasteiger partial charge in [0.05, 0.1) is 22.1 Å². The van der Waals surface area contributed by atoms with Crippen molar-refractivity contribution >= 4 is 34.1 Å². The molecule has 0 saturated heterocycles. The SMILES string of the molecule is Cc1cc2c(C)cc(=O)n(Cc3ccc(Cl)c(Cl)c3)c2cc1C. The first-order valence-corrected chi connectivity index (χ1v) is 8.18. The molecule has 4 heteroatoms. The van der Waals surface area contributed by atoms with Crippen LogP contribution in [0.4, 0.5) is 0 Å². The molecule has 0 saturated carbocycles. The predicted molar refractivity (Wildman–Crippen MR) is 98.0 cm³/mol. The standard InChI is InChI=1S/C19H17Cl2NO/c1-11-6-15-13(3)8-19(23)22(18(15)7-12(11)2)10-14-4-5-16(20)17(21)9-14/h4-9H,10H2,1-3H3. The van der Waals surface area contributed by atoms with Crippen molar-refractivity contribution in [3.8, 4) is 0 Å². The average Bonchev–Trinajstić information content (AvgIpc) is 2.49. The minimum atomic E-state index is -0.00988. The normalized spacial score (nSPS) is 11.2. The molecule has 0 aliphatic carbocycles. The molecule has 2 aromatic carbocycles. The molecular weight excluding hydrogens is 329 g/mol. The Morgan fingerprint density at radius 1 is 0.870 bits per heavy atom. The van der Waals surface area contributed by atoms with E-state index in [1.807, 2.05) is 19.1 Å². The van der Waals surface area contributed by atoms with Crippen LogP contribution in [0, 0.1) is 20.8 Å². The first-order valence-electron chi connectivity index (χ1n) is 7.42. The van der Waals surface area contributed by atoms with Crippen LogP contribution in [0.1, 0.15) is 22.3 Å². The van der Waals surface area contributed by atoms with Crippen LogP contribution in [-0.2, 0) is 6.54 Å². The van der Waals surface area contributed by atoms with Gasteiger partial charge in [-0.1, -0.05) is 29.3 Å². The molecule has 3 aromatic rings. The third-order valence-electron chi connectivity index (χ3n) is 4.26. The summed E-state index contributed by atoms with van der Waals surface area (Å²) in [5, 5.41) is 2.12. The van der Waals surface area contributed by atoms with Gasteiger partial charge in [-0.2, -0.15) is 0 Å². The van der Waals surface area contributed by atoms with E-state index < -0.39 is 0 Å². The Kier molecular flexibility index (Phi) is 4.22. The lowest BCUT2D eigenvalue weighted by molar-refractivity contribution is 0.792. The smallest absolute Gasteiger partial charge is 0.251 e. The zero-order chi connectivity index (χ0) is 16.7. The highest BCUT2D eigenvalue weighted by atomic mass is 35.5. The molecule has 0 aliphatic heterocycles. The van der Waals surface area contributed by atoms with E-state index in [2.05, 4.69) is 26.0 Å². The number of benzene rings is 2. The molecule has 1 aromatic heterocycles. The van der Waals surface area contributed by atoms with Gasteiger partial charge in [-0.3, -0.25) is 4.79 Å². The number of halogens is 2. The zero-order valence-corrected chi connectivity index (χ0v) is 14.8. The summed E-state index contributed by atoms with van der Waals surface area (Å²) in [6.45, 7) is 6.59. The maximum Gasteiger partial charge on any atom is 0.251 e. The lowest BCUT2D eigenvalue weighted by Gasteiger charge is -2.14. The maximum atomic E-state index is 12.5. The van der Waals surface area contributed by atoms with Crippen molar-refractivity contribution in [2.45, 2.75) is 27.3 Å². The quantitative estimate of drug-likeness (QED) is 0.619. The van der Waals surface area contributed by atoms with E-state index in [9.17, 15) is 4.79 Å². The molecule has 0 bridgehead atoms. The van der Waals surface area contributed by atoms with E-state index in [0.717, 1.165) is 22.0 Å². The van der Waals surface area contributed by atoms with Crippen molar-refractivity contribution in [3.05, 3.63) is 79.1 Å². The van der Waals surface area contributed by atoms with Gasteiger partial charge in [-0.25, -0.2) is 0 Å². The first kappa shape index (κ1) is 16.1. The molecule has 0 radical (unpaired) electrons. The van der Waals surface area contributed by atoms with Gasteiger partial charge in [0.15, 0.2) is 0 Å². The summed E-state index contributed by atoms with van der Waals surface area (Å²) >= 11 is 12.1. The van der Waals surface area contributed by atoms with E-state index in [4.69, 9.17) is 23.2 Å². The number of fused-ring (bicyclic) bond motifs is 1. The summed E-state index contributed by atoms with van der Waals surface area (Å²) in [6.07, 6.45) is 0. The van der Waals surface area contributed by atoms with Crippen molar-refractivity contribution in [1.29, 1.82) is 0 Å². The molecule has 0 atom stereocenters. The molecule has 1 heterocycles. The Morgan fingerprint density at radius 3 is 2.26 bits per heavy atom. The third-order valence-corrected chi connectivity index (χ3v) is 5.00. The van der Waals surface area contributed by atoms with Crippen molar-refractivity contribution in [2.75, 3.05) is 0 Å². The molecule has 2 nitrogen and oxygen atoms in total. The monoisotopic (exact) mass is 345 g/mol. The van der Waals surface area contributed by atoms with Gasteiger partial charge < -0.3 is 4.57 Å². The van der Waals surface area contributed by atoms with Crippen molar-refractivity contribution < 1.29 is 0 Å². The molecule has 118 valence electrons. The zero-order valence-electron chi connectivity index (χ0n) is 13.3. The van der Waals surface area contributed by atoms with Crippen LogP contribution in [0.25, 0.3) is 10.9 Å². The molecular formula is C19H17Cl2NO. The van der Waals surface area contributed by atoms with Crippen LogP contribution in [0.5, 0.6) is 0 Å². The van der Waals surface area contributed by atoms with Crippen LogP contribution in [0.15, 0.2) is 41.2 Å². The fraction of sp³-hybridized carbons (Fsp3) is 0.211. The molecule has 0 fully saturated rings. The second-order valence-corrected chi connectivity index (χ2v) is 6.77. The average molecular weight is 346 g/mol. The van der Waals surface area contributed by atoms with Gasteiger partial charge in [0.2, 0.25) is 0 Å². The van der Waals surface area contributed by atoms with Gasteiger partial charge in [-0.05, 0) is 67.3 Å². The van der Waals surface area contributed by atoms with Crippen LogP contribution < -0.4 is 5.56 Å². The predicted octanol–water partition coefficient (Wildman–Crippen LogP) is 5.28. The number of aryl methyl sites for hydroxylation is 3. The van der Waals surface area contributed by atoms with Gasteiger partial charge in [-0.15, -0.1) is 0 Å². The Morgan fingerprint density at radius 2 is 1.57 bits per heavy atom. The Hall–Kier alpha value is -1.77. The molecule has 0 unspecified atom stereocenters. The lowest BCUT2D eigenvalue weighted by Crippen LogP contribution is -2.21. The highest BCUT2D eigenvalue weighted by molar-refractivity contribution is 6.42. The van der Waals surface area contributed by atoms with E-state index >= 15 is 0 Å². The topological polar surface area (TPSA) is 22.0 Å². The maximum absolute atomic E-state index is 12.5. The van der Waals surface area contributed by atoms with Gasteiger partial charge in [0.25, 0.3) is 5.56 Å². The van der Waals surface area contributed by atoms with Gasteiger partial charge in [0, 0.05) is 11.5 Å². The summed E-state index contributed by atoms with van der Waals surface area (Å²) in [7, 11) is 0. The minimum Gasteiger partial charge on any atom is -0.304 e. The molecule has 0 amide bonds. The number of hydrogen-bond acceptors (Lipinski definition) is 1. The summed E-state index contributed by atoms with van der Waals surface area (Å²) < 4.78 is 1.79. The molecule has 3 rings (SSSR count). The molecule has 0 aliphatic rings. The van der Waals surface area contributed by atoms with E-state index in [1.165, 1.54) is 11.1 Å². The van der Waals surface area contributed by atoms with Crippen LogP contribution in [0.3, 0.4) is 0 Å². The van der Waals surface area contributed by atoms with E-state index in [1.54, 1.807) is 16.7 Å². The summed E-state index contributed by atoms with van der Waals surface area (Å²) in [4.78, 5) is 12.5. The molecule has 23 heavy (non-hydrogen) atoms. The Balaban J connectivity index is 2.22. The van der Waals surface area contributed by atoms with Crippen molar-refractivity contribution in [2.24, 2.45) is 0 Å². The lowest BCUT2D eigenvalue weighted by atomic mass is 10.0. The second-order valence-electron chi connectivity index (χ2n) is 5.95. The first-order chi connectivity index (χ1) is 10.9. The second kappa shape index (κ2) is 6.03. The third kappa shape index (κ3) is 3.01. The Labute approximate surface area is 145 Å². The Bertz CT molecular complexity index is 973. The van der Waals surface area contributed by atoms with E-state index in [0.29, 0.717) is 16.6 Å². The largest absolute Gasteiger partial charge is 0.304 e. The van der Waals surface area contributed by atoms with Crippen molar-refractivity contribution in [1.82, 2.24) is 4.57 Å². The van der Waals surface area contributed by atoms with Crippen LogP contribution in [0.2, 0.25) is 10.0 Å². The summed E-state index contributed by atoms with van der Waals surface area (Å²) in [5.74, 6) is 0. The molecule has 0 spiro atoms. The number of nitrogens with zero attached hydrogens (tertiary/aromatic N) is 1. The summed E-state index contributed by atoms with van der Waals surface area (Å²) in [6, 6.07) is 11.4. The fourth-order valence-electron chi connectivity index (χ4n) is 2.78. The highest BCUT2D eigenvalue weighted by Crippen LogP contribution is 2.25. The van der Waals surface area contributed by atoms with Gasteiger partial charge in [0.1, 0.15) is 0 Å². The van der Waals surface area contributed by atoms with Crippen LogP contribution >= 0.6 is 23.2 Å². The van der Waals surface area contributed by atoms with E-state index in [-0.39, 0.29) is 5.56 Å². The number of pyridine rings is 1. The number of aromatic nitrogens is 1. The molecule has 0 N–H and O–H groups in total. The highest BCUT2D eigenvalue weighted by Gasteiger charge is 2.10. The van der Waals surface area contributed by atoms with Gasteiger partial charge >= 0.3 is 0 Å².